The van der Waals surface area contributed by atoms with Crippen molar-refractivity contribution in [1.82, 2.24) is 4.98 Å². The fraction of sp³-hybridized carbons (Fsp3) is 0.167. The van der Waals surface area contributed by atoms with Crippen LogP contribution in [0.5, 0.6) is 0 Å². The van der Waals surface area contributed by atoms with Gasteiger partial charge in [-0.25, -0.2) is 4.39 Å². The van der Waals surface area contributed by atoms with Crippen LogP contribution in [0.15, 0.2) is 30.6 Å². The van der Waals surface area contributed by atoms with Crippen molar-refractivity contribution in [2.75, 3.05) is 0 Å². The molecule has 0 radical (unpaired) electrons. The van der Waals surface area contributed by atoms with Crippen LogP contribution in [0.25, 0.3) is 0 Å². The number of carbonyl (C=O) groups excluding carboxylic acids is 1. The highest BCUT2D eigenvalue weighted by atomic mass is 32.1. The van der Waals surface area contributed by atoms with E-state index in [2.05, 4.69) is 4.98 Å². The van der Waals surface area contributed by atoms with Crippen LogP contribution in [0.1, 0.15) is 27.0 Å². The molecule has 0 saturated heterocycles. The van der Waals surface area contributed by atoms with Crippen molar-refractivity contribution in [2.45, 2.75) is 13.3 Å². The molecule has 0 aliphatic rings. The van der Waals surface area contributed by atoms with Crippen molar-refractivity contribution >= 4 is 17.1 Å². The molecule has 0 unspecified atom stereocenters. The van der Waals surface area contributed by atoms with Crippen LogP contribution in [-0.2, 0) is 6.42 Å². The third kappa shape index (κ3) is 2.02. The molecule has 0 N–H and O–H groups in total. The summed E-state index contributed by atoms with van der Waals surface area (Å²) in [5.41, 5.74) is 0.0829. The highest BCUT2D eigenvalue weighted by Gasteiger charge is 2.15. The molecular weight excluding hydrogens is 225 g/mol. The fourth-order valence-corrected chi connectivity index (χ4v) is 2.28. The third-order valence-electron chi connectivity index (χ3n) is 2.25. The summed E-state index contributed by atoms with van der Waals surface area (Å²) in [7, 11) is 0. The number of aryl methyl sites for hydroxylation is 1. The number of rotatable bonds is 3. The van der Waals surface area contributed by atoms with Crippen LogP contribution in [0.2, 0.25) is 0 Å². The van der Waals surface area contributed by atoms with Gasteiger partial charge in [0.25, 0.3) is 0 Å². The Morgan fingerprint density at radius 1 is 1.44 bits per heavy atom. The number of aromatic nitrogens is 1. The minimum atomic E-state index is -0.570. The number of carbonyl (C=O) groups is 1. The average Bonchev–Trinajstić information content (AvgIpc) is 2.77. The van der Waals surface area contributed by atoms with Gasteiger partial charge in [-0.05, 0) is 24.6 Å². The van der Waals surface area contributed by atoms with Gasteiger partial charge in [-0.3, -0.25) is 9.78 Å². The topological polar surface area (TPSA) is 30.0 Å². The maximum atomic E-state index is 13.3. The molecule has 2 nitrogen and oxygen atoms in total. The summed E-state index contributed by atoms with van der Waals surface area (Å²) in [6.45, 7) is 2.02. The summed E-state index contributed by atoms with van der Waals surface area (Å²) in [6.07, 6.45) is 3.36. The summed E-state index contributed by atoms with van der Waals surface area (Å²) in [5, 5.41) is 0. The first-order valence-electron chi connectivity index (χ1n) is 4.95. The van der Waals surface area contributed by atoms with Crippen LogP contribution in [0.4, 0.5) is 4.39 Å². The summed E-state index contributed by atoms with van der Waals surface area (Å²) in [5.74, 6) is -0.844. The number of halogens is 1. The number of ketones is 1. The van der Waals surface area contributed by atoms with E-state index in [1.807, 2.05) is 13.0 Å². The molecular formula is C12H10FNOS. The van der Waals surface area contributed by atoms with E-state index in [-0.39, 0.29) is 11.3 Å². The van der Waals surface area contributed by atoms with Gasteiger partial charge in [-0.15, -0.1) is 11.3 Å². The molecule has 0 fully saturated rings. The maximum absolute atomic E-state index is 13.3. The standard InChI is InChI=1S/C12H10FNOS/c1-2-8-3-4-11(16-8)12(15)9-5-6-14-7-10(9)13/h3-7H,2H2,1H3. The molecule has 82 valence electrons. The van der Waals surface area contributed by atoms with E-state index in [4.69, 9.17) is 0 Å². The predicted molar refractivity (Wildman–Crippen MR) is 61.3 cm³/mol. The van der Waals surface area contributed by atoms with Gasteiger partial charge in [0, 0.05) is 11.1 Å². The fourth-order valence-electron chi connectivity index (χ4n) is 1.38. The quantitative estimate of drug-likeness (QED) is 0.765. The number of thiophene rings is 1. The first-order valence-corrected chi connectivity index (χ1v) is 5.77. The van der Waals surface area contributed by atoms with Gasteiger partial charge in [-0.2, -0.15) is 0 Å². The molecule has 0 aliphatic heterocycles. The van der Waals surface area contributed by atoms with Crippen molar-refractivity contribution in [1.29, 1.82) is 0 Å². The number of hydrogen-bond acceptors (Lipinski definition) is 3. The zero-order valence-corrected chi connectivity index (χ0v) is 9.55. The van der Waals surface area contributed by atoms with Crippen molar-refractivity contribution in [2.24, 2.45) is 0 Å². The normalized spacial score (nSPS) is 10.4. The number of nitrogens with zero attached hydrogens (tertiary/aromatic N) is 1. The van der Waals surface area contributed by atoms with Crippen molar-refractivity contribution < 1.29 is 9.18 Å². The SMILES string of the molecule is CCc1ccc(C(=O)c2ccncc2F)s1. The van der Waals surface area contributed by atoms with Gasteiger partial charge in [-0.1, -0.05) is 6.92 Å². The molecule has 0 saturated carbocycles. The monoisotopic (exact) mass is 235 g/mol. The molecule has 0 atom stereocenters. The summed E-state index contributed by atoms with van der Waals surface area (Å²) >= 11 is 1.41. The first-order chi connectivity index (χ1) is 7.72. The molecule has 16 heavy (non-hydrogen) atoms. The zero-order valence-electron chi connectivity index (χ0n) is 8.74. The van der Waals surface area contributed by atoms with E-state index in [0.717, 1.165) is 17.5 Å². The van der Waals surface area contributed by atoms with Crippen molar-refractivity contribution in [3.63, 3.8) is 0 Å². The lowest BCUT2D eigenvalue weighted by Crippen LogP contribution is -2.02. The van der Waals surface area contributed by atoms with E-state index in [1.54, 1.807) is 6.07 Å². The molecule has 2 heterocycles. The van der Waals surface area contributed by atoms with E-state index in [0.29, 0.717) is 4.88 Å². The van der Waals surface area contributed by atoms with Gasteiger partial charge >= 0.3 is 0 Å². The molecule has 2 aromatic rings. The van der Waals surface area contributed by atoms with E-state index in [9.17, 15) is 9.18 Å². The largest absolute Gasteiger partial charge is 0.288 e. The van der Waals surface area contributed by atoms with Gasteiger partial charge in [0.2, 0.25) is 5.78 Å². The Morgan fingerprint density at radius 2 is 2.25 bits per heavy atom. The van der Waals surface area contributed by atoms with Crippen LogP contribution in [0.3, 0.4) is 0 Å². The smallest absolute Gasteiger partial charge is 0.206 e. The lowest BCUT2D eigenvalue weighted by Gasteiger charge is -1.98. The Morgan fingerprint density at radius 3 is 2.88 bits per heavy atom. The van der Waals surface area contributed by atoms with Crippen molar-refractivity contribution in [3.05, 3.63) is 51.7 Å². The number of hydrogen-bond donors (Lipinski definition) is 0. The van der Waals surface area contributed by atoms with E-state index < -0.39 is 5.82 Å². The second kappa shape index (κ2) is 4.53. The van der Waals surface area contributed by atoms with Gasteiger partial charge in [0.1, 0.15) is 0 Å². The molecule has 4 heteroatoms. The lowest BCUT2D eigenvalue weighted by atomic mass is 10.1. The third-order valence-corrected chi connectivity index (χ3v) is 3.48. The lowest BCUT2D eigenvalue weighted by molar-refractivity contribution is 0.103. The van der Waals surface area contributed by atoms with Gasteiger partial charge in [0.05, 0.1) is 16.6 Å². The number of pyridine rings is 1. The maximum Gasteiger partial charge on any atom is 0.206 e. The Hall–Kier alpha value is -1.55. The van der Waals surface area contributed by atoms with Gasteiger partial charge in [0.15, 0.2) is 5.82 Å². The minimum absolute atomic E-state index is 0.0829. The molecule has 2 aromatic heterocycles. The minimum Gasteiger partial charge on any atom is -0.288 e. The molecule has 2 rings (SSSR count). The molecule has 0 bridgehead atoms. The highest BCUT2D eigenvalue weighted by molar-refractivity contribution is 7.14. The molecule has 0 aromatic carbocycles. The van der Waals surface area contributed by atoms with E-state index in [1.165, 1.54) is 23.6 Å². The molecule has 0 amide bonds. The Bertz CT molecular complexity index is 521. The Kier molecular flexibility index (Phi) is 3.10. The predicted octanol–water partition coefficient (Wildman–Crippen LogP) is 3.08. The van der Waals surface area contributed by atoms with Crippen molar-refractivity contribution in [3.8, 4) is 0 Å². The van der Waals surface area contributed by atoms with E-state index >= 15 is 0 Å². The Labute approximate surface area is 96.8 Å². The zero-order chi connectivity index (χ0) is 11.5. The van der Waals surface area contributed by atoms with Crippen LogP contribution < -0.4 is 0 Å². The summed E-state index contributed by atoms with van der Waals surface area (Å²) < 4.78 is 13.3. The second-order valence-corrected chi connectivity index (χ2v) is 4.47. The molecule has 0 spiro atoms. The first kappa shape index (κ1) is 11.0. The molecule has 0 aliphatic carbocycles. The average molecular weight is 235 g/mol. The van der Waals surface area contributed by atoms with Gasteiger partial charge < -0.3 is 0 Å². The highest BCUT2D eigenvalue weighted by Crippen LogP contribution is 2.21. The Balaban J connectivity index is 2.35. The van der Waals surface area contributed by atoms with Crippen LogP contribution in [0, 0.1) is 5.82 Å². The summed E-state index contributed by atoms with van der Waals surface area (Å²) in [6, 6.07) is 5.05. The summed E-state index contributed by atoms with van der Waals surface area (Å²) in [4.78, 5) is 17.3. The van der Waals surface area contributed by atoms with Crippen LogP contribution >= 0.6 is 11.3 Å². The van der Waals surface area contributed by atoms with Crippen LogP contribution in [-0.4, -0.2) is 10.8 Å². The second-order valence-electron chi connectivity index (χ2n) is 3.30.